The van der Waals surface area contributed by atoms with Gasteiger partial charge in [-0.2, -0.15) is 5.26 Å². The molecule has 77 heavy (non-hydrogen) atoms. The van der Waals surface area contributed by atoms with Crippen molar-refractivity contribution in [3.63, 3.8) is 0 Å². The zero-order chi connectivity index (χ0) is 59.5. The van der Waals surface area contributed by atoms with Gasteiger partial charge in [-0.3, -0.25) is 9.59 Å². The molecule has 0 bridgehead atoms. The normalized spacial score (nSPS) is 13.6. The molecule has 4 amide bonds. The summed E-state index contributed by atoms with van der Waals surface area (Å²) in [4.78, 5) is 84.7. The van der Waals surface area contributed by atoms with E-state index in [1.54, 1.807) is 6.92 Å². The van der Waals surface area contributed by atoms with E-state index in [0.29, 0.717) is 18.4 Å². The highest BCUT2D eigenvalue weighted by Crippen LogP contribution is 2.14. The first kappa shape index (κ1) is 75.3. The van der Waals surface area contributed by atoms with Gasteiger partial charge in [0.15, 0.2) is 6.10 Å². The van der Waals surface area contributed by atoms with Crippen molar-refractivity contribution in [2.24, 2.45) is 0 Å². The van der Waals surface area contributed by atoms with Gasteiger partial charge in [0.05, 0.1) is 19.7 Å². The van der Waals surface area contributed by atoms with E-state index >= 15 is 0 Å². The van der Waals surface area contributed by atoms with E-state index in [1.807, 2.05) is 0 Å². The first-order valence-electron chi connectivity index (χ1n) is 25.4. The van der Waals surface area contributed by atoms with E-state index in [1.165, 1.54) is 44.0 Å². The summed E-state index contributed by atoms with van der Waals surface area (Å²) in [6, 6.07) is 0. The number of nitrogens with zero attached hydrogens (tertiary/aromatic N) is 3. The Hall–Kier alpha value is -5.92. The van der Waals surface area contributed by atoms with Crippen molar-refractivity contribution in [1.29, 1.82) is 5.26 Å². The Kier molecular flexibility index (Phi) is 45.2. The zero-order valence-corrected chi connectivity index (χ0v) is 46.0. The fourth-order valence-corrected chi connectivity index (χ4v) is 5.94. The number of alkyl carbamates (subject to hydrolysis) is 2. The number of rotatable bonds is 38. The fraction of sp³-hybridized carbons (Fsp3) is 0.725. The molecule has 0 heterocycles. The molecule has 0 aromatic rings. The molecule has 0 aliphatic rings. The third kappa shape index (κ3) is 39.2. The Morgan fingerprint density at radius 3 is 1.32 bits per heavy atom. The van der Waals surface area contributed by atoms with Crippen LogP contribution in [-0.2, 0) is 52.4 Å². The van der Waals surface area contributed by atoms with E-state index in [4.69, 9.17) is 29.3 Å². The smallest absolute Gasteiger partial charge is 0.407 e. The van der Waals surface area contributed by atoms with Gasteiger partial charge in [0.2, 0.25) is 11.8 Å². The zero-order valence-electron chi connectivity index (χ0n) is 46.0. The lowest BCUT2D eigenvalue weighted by Gasteiger charge is -2.31. The number of aliphatic hydroxyl groups excluding tert-OH is 8. The Labute approximate surface area is 452 Å². The van der Waals surface area contributed by atoms with Gasteiger partial charge in [0, 0.05) is 56.7 Å². The molecule has 0 aliphatic heterocycles. The molecule has 0 radical (unpaired) electrons. The molecule has 0 spiro atoms. The second kappa shape index (κ2) is 46.2. The molecule has 0 rings (SSSR count). The third-order valence-corrected chi connectivity index (χ3v) is 10.6. The second-order valence-corrected chi connectivity index (χ2v) is 17.8. The summed E-state index contributed by atoms with van der Waals surface area (Å²) in [5.74, 6) is -2.18. The number of esters is 3. The van der Waals surface area contributed by atoms with E-state index < -0.39 is 92.1 Å². The van der Waals surface area contributed by atoms with Crippen molar-refractivity contribution in [3.8, 4) is 6.26 Å². The fourth-order valence-electron chi connectivity index (χ4n) is 5.94. The number of hydrogen-bond donors (Lipinski definition) is 10. The van der Waals surface area contributed by atoms with Crippen LogP contribution in [0, 0.1) is 11.5 Å². The highest BCUT2D eigenvalue weighted by Gasteiger charge is 2.37. The number of hydrogen-bond acceptors (Lipinski definition) is 22. The number of aliphatic hydroxyl groups is 8. The number of ether oxygens (including phenoxy) is 6. The van der Waals surface area contributed by atoms with E-state index in [2.05, 4.69) is 53.7 Å². The maximum atomic E-state index is 12.5. The molecule has 26 nitrogen and oxygen atoms in total. The van der Waals surface area contributed by atoms with Crippen molar-refractivity contribution < 1.29 is 103 Å². The van der Waals surface area contributed by atoms with Crippen LogP contribution in [0.2, 0.25) is 0 Å². The molecule has 0 aromatic carbocycles. The van der Waals surface area contributed by atoms with Gasteiger partial charge in [-0.05, 0) is 33.6 Å². The minimum atomic E-state index is -1.91. The maximum absolute atomic E-state index is 12.5. The largest absolute Gasteiger partial charge is 0.460 e. The molecule has 444 valence electrons. The van der Waals surface area contributed by atoms with Crippen LogP contribution in [0.15, 0.2) is 36.5 Å². The third-order valence-electron chi connectivity index (χ3n) is 10.6. The first-order valence-corrected chi connectivity index (χ1v) is 25.4. The van der Waals surface area contributed by atoms with E-state index in [9.17, 15) is 69.3 Å². The molecular weight excluding hydrogens is 1020 g/mol. The van der Waals surface area contributed by atoms with Crippen molar-refractivity contribution in [2.75, 3.05) is 79.9 Å². The number of unbranched alkanes of at least 4 members (excludes halogenated alkanes) is 8. The maximum Gasteiger partial charge on any atom is 0.407 e. The lowest BCUT2D eigenvalue weighted by Crippen LogP contribution is -2.53. The highest BCUT2D eigenvalue weighted by molar-refractivity contribution is 5.87. The quantitative estimate of drug-likeness (QED) is 0.0134. The summed E-state index contributed by atoms with van der Waals surface area (Å²) in [7, 11) is 2.95. The minimum absolute atomic E-state index is 0.0826. The monoisotopic (exact) mass is 1110 g/mol. The van der Waals surface area contributed by atoms with Crippen LogP contribution in [-0.4, -0.2) is 221 Å². The number of carbonyl (C=O) groups is 7. The molecular formula is C51H89N5O21. The summed E-state index contributed by atoms with van der Waals surface area (Å²) >= 11 is 0. The van der Waals surface area contributed by atoms with Gasteiger partial charge < -0.3 is 89.7 Å². The van der Waals surface area contributed by atoms with Crippen LogP contribution in [0.25, 0.3) is 0 Å². The molecule has 26 heteroatoms. The average Bonchev–Trinajstić information content (AvgIpc) is 3.39. The Bertz CT molecular complexity index is 1800. The standard InChI is InChI=1S/C29H49N3O12.C15H31NO6.C7H9NO3/c1-7-8-9-10-11-12-23(35)32(6)17-21(33)24(36)25(44-29(40)31-14-16-42-27(38)20(4)5)22(34)18-43-28(39)30-13-15-41-26(37)19(2)3;1-3-4-5-6-7-8-13(20)16(2)9-11(18)14(21)15(22)12(19)10-17;1-6(2)7(9)11-4-3-10-5-8/h21-22,24-25,33-34,36H,2,4,7-18H2,1,3,5-6H3,(H,30,39)(H,31,40);11-12,14-15,17-19,21-22H,3-10H2,1-2H3;1,3-4H2,2H3/t21-,22+,24+,25+;11-,12+,14+,15+;/m00./s1. The summed E-state index contributed by atoms with van der Waals surface area (Å²) < 4.78 is 28.6. The van der Waals surface area contributed by atoms with Gasteiger partial charge in [0.25, 0.3) is 6.26 Å². The van der Waals surface area contributed by atoms with E-state index in [0.717, 1.165) is 57.8 Å². The molecule has 0 aliphatic carbocycles. The van der Waals surface area contributed by atoms with Gasteiger partial charge in [-0.15, -0.1) is 0 Å². The van der Waals surface area contributed by atoms with Crippen molar-refractivity contribution in [3.05, 3.63) is 36.5 Å². The Morgan fingerprint density at radius 1 is 0.532 bits per heavy atom. The summed E-state index contributed by atoms with van der Waals surface area (Å²) in [5, 5.41) is 91.5. The number of carbonyl (C=O) groups excluding carboxylic acids is 7. The molecule has 10 N–H and O–H groups in total. The molecule has 0 aromatic heterocycles. The molecule has 0 saturated heterocycles. The van der Waals surface area contributed by atoms with Gasteiger partial charge in [-0.1, -0.05) is 85.0 Å². The summed E-state index contributed by atoms with van der Waals surface area (Å²) in [6.07, 6.45) is -3.67. The lowest BCUT2D eigenvalue weighted by molar-refractivity contribution is -0.140. The number of nitrogens with one attached hydrogen (secondary N) is 2. The summed E-state index contributed by atoms with van der Waals surface area (Å²) in [6.45, 7) is 16.4. The van der Waals surface area contributed by atoms with E-state index in [-0.39, 0.29) is 82.0 Å². The van der Waals surface area contributed by atoms with Crippen molar-refractivity contribution in [2.45, 2.75) is 161 Å². The van der Waals surface area contributed by atoms with Crippen LogP contribution in [0.4, 0.5) is 9.59 Å². The van der Waals surface area contributed by atoms with Crippen molar-refractivity contribution in [1.82, 2.24) is 20.4 Å². The van der Waals surface area contributed by atoms with Crippen LogP contribution in [0.3, 0.4) is 0 Å². The topological polar surface area (TPSA) is 391 Å². The minimum Gasteiger partial charge on any atom is -0.460 e. The molecule has 0 saturated carbocycles. The van der Waals surface area contributed by atoms with Crippen molar-refractivity contribution >= 4 is 41.9 Å². The van der Waals surface area contributed by atoms with Crippen LogP contribution < -0.4 is 10.6 Å². The van der Waals surface area contributed by atoms with Crippen LogP contribution in [0.5, 0.6) is 0 Å². The average molecular weight is 1110 g/mol. The summed E-state index contributed by atoms with van der Waals surface area (Å²) in [5.41, 5.74) is 0.670. The van der Waals surface area contributed by atoms with Gasteiger partial charge in [-0.25, -0.2) is 24.0 Å². The van der Waals surface area contributed by atoms with Crippen LogP contribution in [0.1, 0.15) is 112 Å². The molecule has 8 atom stereocenters. The second-order valence-electron chi connectivity index (χ2n) is 17.8. The number of amides is 4. The van der Waals surface area contributed by atoms with Gasteiger partial charge >= 0.3 is 30.1 Å². The molecule has 0 unspecified atom stereocenters. The van der Waals surface area contributed by atoms with Gasteiger partial charge in [0.1, 0.15) is 75.8 Å². The lowest BCUT2D eigenvalue weighted by atomic mass is 10.0. The Morgan fingerprint density at radius 2 is 0.922 bits per heavy atom. The molecule has 0 fully saturated rings. The predicted octanol–water partition coefficient (Wildman–Crippen LogP) is 0.792. The van der Waals surface area contributed by atoms with Crippen LogP contribution >= 0.6 is 0 Å². The number of nitriles is 1. The SMILES string of the molecule is C=C(C)C(=O)OCCNC(=O)OC[C@@H](O)[C@@H](OC(=O)NCCOC(=O)C(=C)C)[C@H](O)[C@@H](O)CN(C)C(=O)CCCCCCC.C=C(C)C(=O)OCCOC#N.CCCCCCCC(=O)N(C)C[C@H](O)[C@@H](O)[C@H](O)[C@H](O)CO. The first-order chi connectivity index (χ1) is 36.2. The highest BCUT2D eigenvalue weighted by atomic mass is 16.6. The Balaban J connectivity index is -0.00000136. The number of likely N-dealkylation sites (N-methyl/N-ethyl adjacent to an activating group) is 2. The predicted molar refractivity (Wildman–Crippen MR) is 278 cm³/mol.